The number of carbonyl (C=O) groups is 1. The predicted molar refractivity (Wildman–Crippen MR) is 123 cm³/mol. The Kier molecular flexibility index (Phi) is 7.14. The molecular formula is C24H24F2N6O3. The van der Waals surface area contributed by atoms with Crippen molar-refractivity contribution in [3.63, 3.8) is 0 Å². The van der Waals surface area contributed by atoms with E-state index in [-0.39, 0.29) is 36.3 Å². The molecule has 0 radical (unpaired) electrons. The highest BCUT2D eigenvalue weighted by Gasteiger charge is 2.22. The minimum atomic E-state index is -0.674. The first kappa shape index (κ1) is 24.0. The number of aromatic nitrogens is 5. The fourth-order valence-electron chi connectivity index (χ4n) is 3.47. The maximum atomic E-state index is 14.6. The van der Waals surface area contributed by atoms with Crippen molar-refractivity contribution in [2.24, 2.45) is 5.92 Å². The Morgan fingerprint density at radius 3 is 2.66 bits per heavy atom. The molecule has 0 aliphatic carbocycles. The molecule has 1 atom stereocenters. The molecule has 4 aromatic rings. The van der Waals surface area contributed by atoms with Crippen molar-refractivity contribution in [1.82, 2.24) is 24.9 Å². The van der Waals surface area contributed by atoms with Gasteiger partial charge in [-0.25, -0.2) is 18.7 Å². The first-order valence-corrected chi connectivity index (χ1v) is 10.9. The zero-order chi connectivity index (χ0) is 24.9. The smallest absolute Gasteiger partial charge is 0.307 e. The topological polar surface area (TPSA) is 108 Å². The monoisotopic (exact) mass is 482 g/mol. The van der Waals surface area contributed by atoms with Gasteiger partial charge in [-0.15, -0.1) is 0 Å². The summed E-state index contributed by atoms with van der Waals surface area (Å²) in [5, 5.41) is 11.5. The lowest BCUT2D eigenvalue weighted by Gasteiger charge is -2.22. The quantitative estimate of drug-likeness (QED) is 0.352. The van der Waals surface area contributed by atoms with Gasteiger partial charge >= 0.3 is 5.97 Å². The number of nitrogens with one attached hydrogen (secondary N) is 1. The van der Waals surface area contributed by atoms with E-state index in [0.29, 0.717) is 22.6 Å². The van der Waals surface area contributed by atoms with Crippen LogP contribution in [0.3, 0.4) is 0 Å². The van der Waals surface area contributed by atoms with Crippen LogP contribution in [0, 0.1) is 17.6 Å². The van der Waals surface area contributed by atoms with Crippen LogP contribution in [-0.4, -0.2) is 44.0 Å². The van der Waals surface area contributed by atoms with E-state index in [2.05, 4.69) is 25.5 Å². The number of carbonyl (C=O) groups excluding carboxylic acids is 1. The van der Waals surface area contributed by atoms with Gasteiger partial charge in [0.05, 0.1) is 32.0 Å². The Balaban J connectivity index is 1.69. The van der Waals surface area contributed by atoms with Crippen molar-refractivity contribution in [3.05, 3.63) is 66.1 Å². The average Bonchev–Trinajstić information content (AvgIpc) is 3.51. The van der Waals surface area contributed by atoms with Gasteiger partial charge in [-0.3, -0.25) is 9.48 Å². The number of nitrogens with zero attached hydrogens (tertiary/aromatic N) is 5. The molecule has 0 saturated heterocycles. The Morgan fingerprint density at radius 1 is 1.17 bits per heavy atom. The number of benzene rings is 1. The summed E-state index contributed by atoms with van der Waals surface area (Å²) in [5.41, 5.74) is 1.79. The van der Waals surface area contributed by atoms with E-state index in [0.717, 1.165) is 6.20 Å². The van der Waals surface area contributed by atoms with Crippen LogP contribution in [0.1, 0.15) is 25.8 Å². The molecule has 3 heterocycles. The Labute approximate surface area is 200 Å². The van der Waals surface area contributed by atoms with E-state index in [9.17, 15) is 13.6 Å². The number of halogens is 2. The molecule has 1 unspecified atom stereocenters. The highest BCUT2D eigenvalue weighted by Crippen LogP contribution is 2.26. The third-order valence-electron chi connectivity index (χ3n) is 5.47. The van der Waals surface area contributed by atoms with Crippen LogP contribution in [-0.2, 0) is 16.1 Å². The summed E-state index contributed by atoms with van der Waals surface area (Å²) < 4.78 is 40.1. The number of esters is 1. The lowest BCUT2D eigenvalue weighted by molar-refractivity contribution is -0.141. The van der Waals surface area contributed by atoms with Gasteiger partial charge in [0.15, 0.2) is 17.5 Å². The summed E-state index contributed by atoms with van der Waals surface area (Å²) in [6.07, 6.45) is 2.49. The van der Waals surface area contributed by atoms with E-state index in [4.69, 9.17) is 9.26 Å². The third-order valence-corrected chi connectivity index (χ3v) is 5.47. The molecule has 1 N–H and O–H groups in total. The van der Waals surface area contributed by atoms with Crippen molar-refractivity contribution in [3.8, 4) is 22.9 Å². The fourth-order valence-corrected chi connectivity index (χ4v) is 3.47. The molecule has 0 aliphatic rings. The molecular weight excluding hydrogens is 458 g/mol. The molecule has 1 aromatic carbocycles. The second-order valence-corrected chi connectivity index (χ2v) is 8.21. The lowest BCUT2D eigenvalue weighted by atomic mass is 10.0. The van der Waals surface area contributed by atoms with Crippen LogP contribution >= 0.6 is 0 Å². The Hall–Kier alpha value is -4.15. The van der Waals surface area contributed by atoms with Gasteiger partial charge in [-0.2, -0.15) is 5.10 Å². The summed E-state index contributed by atoms with van der Waals surface area (Å²) in [5.74, 6) is -1.39. The average molecular weight is 482 g/mol. The molecule has 0 bridgehead atoms. The largest absolute Gasteiger partial charge is 0.469 e. The molecule has 0 spiro atoms. The summed E-state index contributed by atoms with van der Waals surface area (Å²) in [6, 6.07) is 9.28. The van der Waals surface area contributed by atoms with Gasteiger partial charge in [0.2, 0.25) is 0 Å². The molecule has 9 nitrogen and oxygen atoms in total. The minimum Gasteiger partial charge on any atom is -0.469 e. The van der Waals surface area contributed by atoms with Crippen LogP contribution in [0.25, 0.3) is 22.9 Å². The molecule has 11 heteroatoms. The second-order valence-electron chi connectivity index (χ2n) is 8.21. The van der Waals surface area contributed by atoms with Gasteiger partial charge in [0.1, 0.15) is 23.5 Å². The van der Waals surface area contributed by atoms with Crippen LogP contribution < -0.4 is 5.32 Å². The minimum absolute atomic E-state index is 0.00865. The third kappa shape index (κ3) is 5.51. The summed E-state index contributed by atoms with van der Waals surface area (Å²) in [6.45, 7) is 3.92. The molecule has 0 fully saturated rings. The van der Waals surface area contributed by atoms with Crippen molar-refractivity contribution >= 4 is 11.8 Å². The zero-order valence-corrected chi connectivity index (χ0v) is 19.4. The van der Waals surface area contributed by atoms with Crippen molar-refractivity contribution in [2.75, 3.05) is 12.4 Å². The van der Waals surface area contributed by atoms with Crippen LogP contribution in [0.4, 0.5) is 14.6 Å². The molecule has 35 heavy (non-hydrogen) atoms. The molecule has 3 aromatic heterocycles. The Bertz CT molecular complexity index is 1310. The van der Waals surface area contributed by atoms with Crippen LogP contribution in [0.15, 0.2) is 53.4 Å². The lowest BCUT2D eigenvalue weighted by Crippen LogP contribution is -2.30. The first-order valence-electron chi connectivity index (χ1n) is 10.9. The summed E-state index contributed by atoms with van der Waals surface area (Å²) in [4.78, 5) is 20.2. The van der Waals surface area contributed by atoms with Crippen molar-refractivity contribution in [1.29, 1.82) is 0 Å². The van der Waals surface area contributed by atoms with Crippen LogP contribution in [0.5, 0.6) is 0 Å². The van der Waals surface area contributed by atoms with Crippen molar-refractivity contribution < 1.29 is 22.8 Å². The highest BCUT2D eigenvalue weighted by molar-refractivity contribution is 5.70. The SMILES string of the molecule is COC(=O)CC(Nc1nc(-c2cc(-c3ccon3)n(Cc3ccccc3F)n2)ncc1F)C(C)C. The van der Waals surface area contributed by atoms with Gasteiger partial charge < -0.3 is 14.6 Å². The summed E-state index contributed by atoms with van der Waals surface area (Å²) >= 11 is 0. The van der Waals surface area contributed by atoms with E-state index in [1.165, 1.54) is 19.4 Å². The number of hydrogen-bond donors (Lipinski definition) is 1. The molecule has 4 rings (SSSR count). The van der Waals surface area contributed by atoms with Crippen LogP contribution in [0.2, 0.25) is 0 Å². The molecule has 0 saturated carbocycles. The Morgan fingerprint density at radius 2 is 1.97 bits per heavy atom. The number of ether oxygens (including phenoxy) is 1. The molecule has 0 aliphatic heterocycles. The van der Waals surface area contributed by atoms with Gasteiger partial charge in [0.25, 0.3) is 0 Å². The maximum Gasteiger partial charge on any atom is 0.307 e. The summed E-state index contributed by atoms with van der Waals surface area (Å²) in [7, 11) is 1.30. The van der Waals surface area contributed by atoms with Crippen molar-refractivity contribution in [2.45, 2.75) is 32.9 Å². The van der Waals surface area contributed by atoms with E-state index >= 15 is 0 Å². The van der Waals surface area contributed by atoms with E-state index in [1.807, 2.05) is 13.8 Å². The normalized spacial score (nSPS) is 12.1. The van der Waals surface area contributed by atoms with E-state index < -0.39 is 17.8 Å². The second kappa shape index (κ2) is 10.4. The molecule has 182 valence electrons. The number of anilines is 1. The standard InChI is InChI=1S/C24H24F2N6O3/c1-14(2)19(11-22(33)34-3)28-23-17(26)12-27-24(29-23)20-10-21(18-8-9-35-31-18)32(30-20)13-15-6-4-5-7-16(15)25/h4-10,12,14,19H,11,13H2,1-3H3,(H,27,28,29). The van der Waals surface area contributed by atoms with Gasteiger partial charge in [0, 0.05) is 17.7 Å². The molecule has 0 amide bonds. The number of rotatable bonds is 9. The highest BCUT2D eigenvalue weighted by atomic mass is 19.1. The number of hydrogen-bond acceptors (Lipinski definition) is 8. The van der Waals surface area contributed by atoms with Gasteiger partial charge in [-0.05, 0) is 18.1 Å². The zero-order valence-electron chi connectivity index (χ0n) is 19.4. The predicted octanol–water partition coefficient (Wildman–Crippen LogP) is 4.32. The van der Waals surface area contributed by atoms with Gasteiger partial charge in [-0.1, -0.05) is 37.2 Å². The fraction of sp³-hybridized carbons (Fsp3) is 0.292. The van der Waals surface area contributed by atoms with E-state index in [1.54, 1.807) is 35.0 Å². The number of methoxy groups -OCH3 is 1. The first-order chi connectivity index (χ1) is 16.9. The maximum absolute atomic E-state index is 14.6.